The van der Waals surface area contributed by atoms with E-state index < -0.39 is 0 Å². The van der Waals surface area contributed by atoms with Crippen molar-refractivity contribution in [3.05, 3.63) is 0 Å². The molecule has 0 bridgehead atoms. The molecule has 0 unspecified atom stereocenters. The molecule has 0 amide bonds. The highest BCUT2D eigenvalue weighted by molar-refractivity contribution is 4.81. The molecule has 0 atom stereocenters. The molecular formula is C14H32N2. The third-order valence-electron chi connectivity index (χ3n) is 3.75. The molecule has 0 heterocycles. The molecule has 0 aliphatic carbocycles. The fourth-order valence-electron chi connectivity index (χ4n) is 1.99. The van der Waals surface area contributed by atoms with Gasteiger partial charge in [0.15, 0.2) is 0 Å². The molecule has 16 heavy (non-hydrogen) atoms. The molecule has 0 radical (unpaired) electrons. The van der Waals surface area contributed by atoms with Gasteiger partial charge >= 0.3 is 0 Å². The lowest BCUT2D eigenvalue weighted by atomic mass is 9.94. The van der Waals surface area contributed by atoms with E-state index in [9.17, 15) is 0 Å². The van der Waals surface area contributed by atoms with Crippen LogP contribution in [-0.4, -0.2) is 24.2 Å². The van der Waals surface area contributed by atoms with E-state index in [-0.39, 0.29) is 5.54 Å². The smallest absolute Gasteiger partial charge is 0.0148 e. The highest BCUT2D eigenvalue weighted by atomic mass is 15.0. The summed E-state index contributed by atoms with van der Waals surface area (Å²) in [7, 11) is 0. The minimum atomic E-state index is 0.283. The van der Waals surface area contributed by atoms with Crippen LogP contribution in [0.25, 0.3) is 0 Å². The summed E-state index contributed by atoms with van der Waals surface area (Å²) in [6, 6.07) is 0. The monoisotopic (exact) mass is 228 g/mol. The van der Waals surface area contributed by atoms with Crippen LogP contribution in [0.3, 0.4) is 0 Å². The van der Waals surface area contributed by atoms with Crippen LogP contribution in [-0.2, 0) is 0 Å². The maximum absolute atomic E-state index is 3.68. The Balaban J connectivity index is 3.75. The maximum atomic E-state index is 3.68. The Kier molecular flexibility index (Phi) is 7.25. The largest absolute Gasteiger partial charge is 0.312 e. The molecule has 0 saturated carbocycles. The van der Waals surface area contributed by atoms with Crippen molar-refractivity contribution < 1.29 is 0 Å². The van der Waals surface area contributed by atoms with Gasteiger partial charge in [-0.05, 0) is 59.5 Å². The van der Waals surface area contributed by atoms with E-state index in [2.05, 4.69) is 52.2 Å². The summed E-state index contributed by atoms with van der Waals surface area (Å²) >= 11 is 0. The van der Waals surface area contributed by atoms with Crippen molar-refractivity contribution in [3.63, 3.8) is 0 Å². The Morgan fingerprint density at radius 1 is 0.875 bits per heavy atom. The fraction of sp³-hybridized carbons (Fsp3) is 1.00. The second-order valence-corrected chi connectivity index (χ2v) is 5.71. The number of nitrogens with one attached hydrogen (secondary N) is 2. The van der Waals surface area contributed by atoms with Gasteiger partial charge in [-0.2, -0.15) is 0 Å². The van der Waals surface area contributed by atoms with E-state index in [0.29, 0.717) is 5.54 Å². The molecule has 0 aromatic heterocycles. The van der Waals surface area contributed by atoms with Crippen molar-refractivity contribution in [2.45, 2.75) is 78.3 Å². The summed E-state index contributed by atoms with van der Waals surface area (Å²) in [5.41, 5.74) is 0.619. The van der Waals surface area contributed by atoms with E-state index in [1.165, 1.54) is 25.7 Å². The van der Waals surface area contributed by atoms with E-state index in [0.717, 1.165) is 13.1 Å². The van der Waals surface area contributed by atoms with Crippen LogP contribution in [0.4, 0.5) is 0 Å². The Bertz CT molecular complexity index is 172. The predicted octanol–water partition coefficient (Wildman–Crippen LogP) is 3.32. The van der Waals surface area contributed by atoms with Crippen LogP contribution in [0.15, 0.2) is 0 Å². The van der Waals surface area contributed by atoms with E-state index in [1.54, 1.807) is 0 Å². The third kappa shape index (κ3) is 6.49. The van der Waals surface area contributed by atoms with Crippen molar-refractivity contribution in [2.24, 2.45) is 0 Å². The van der Waals surface area contributed by atoms with Crippen LogP contribution in [0.5, 0.6) is 0 Å². The van der Waals surface area contributed by atoms with Gasteiger partial charge in [-0.3, -0.25) is 0 Å². The SMILES string of the molecule is CCNC(C)(C)CCCNC(C)(CC)CC. The Hall–Kier alpha value is -0.0800. The van der Waals surface area contributed by atoms with Gasteiger partial charge in [-0.15, -0.1) is 0 Å². The Morgan fingerprint density at radius 3 is 1.88 bits per heavy atom. The minimum absolute atomic E-state index is 0.283. The minimum Gasteiger partial charge on any atom is -0.312 e. The molecule has 0 rings (SSSR count). The number of rotatable bonds is 9. The number of hydrogen-bond donors (Lipinski definition) is 2. The third-order valence-corrected chi connectivity index (χ3v) is 3.75. The molecule has 0 aliphatic rings. The molecule has 0 aliphatic heterocycles. The van der Waals surface area contributed by atoms with Gasteiger partial charge in [0.2, 0.25) is 0 Å². The molecule has 0 aromatic rings. The van der Waals surface area contributed by atoms with Crippen LogP contribution in [0.1, 0.15) is 67.2 Å². The van der Waals surface area contributed by atoms with Gasteiger partial charge < -0.3 is 10.6 Å². The highest BCUT2D eigenvalue weighted by Gasteiger charge is 2.19. The van der Waals surface area contributed by atoms with Crippen LogP contribution >= 0.6 is 0 Å². The van der Waals surface area contributed by atoms with Crippen molar-refractivity contribution in [3.8, 4) is 0 Å². The lowest BCUT2D eigenvalue weighted by Gasteiger charge is -2.30. The second-order valence-electron chi connectivity index (χ2n) is 5.71. The van der Waals surface area contributed by atoms with E-state index in [4.69, 9.17) is 0 Å². The van der Waals surface area contributed by atoms with Crippen molar-refractivity contribution >= 4 is 0 Å². The first kappa shape index (κ1) is 15.9. The van der Waals surface area contributed by atoms with Crippen LogP contribution in [0.2, 0.25) is 0 Å². The molecule has 2 N–H and O–H groups in total. The molecule has 2 heteroatoms. The van der Waals surface area contributed by atoms with Crippen molar-refractivity contribution in [2.75, 3.05) is 13.1 Å². The quantitative estimate of drug-likeness (QED) is 0.592. The zero-order valence-corrected chi connectivity index (χ0v) is 12.2. The van der Waals surface area contributed by atoms with Gasteiger partial charge in [0.05, 0.1) is 0 Å². The zero-order valence-electron chi connectivity index (χ0n) is 12.2. The molecule has 0 aromatic carbocycles. The molecule has 98 valence electrons. The molecule has 0 fully saturated rings. The zero-order chi connectivity index (χ0) is 12.7. The van der Waals surface area contributed by atoms with E-state index >= 15 is 0 Å². The van der Waals surface area contributed by atoms with Gasteiger partial charge in [-0.1, -0.05) is 20.8 Å². The van der Waals surface area contributed by atoms with E-state index in [1.807, 2.05) is 0 Å². The summed E-state index contributed by atoms with van der Waals surface area (Å²) in [4.78, 5) is 0. The van der Waals surface area contributed by atoms with Crippen molar-refractivity contribution in [1.82, 2.24) is 10.6 Å². The molecule has 2 nitrogen and oxygen atoms in total. The summed E-state index contributed by atoms with van der Waals surface area (Å²) in [5.74, 6) is 0. The van der Waals surface area contributed by atoms with Crippen molar-refractivity contribution in [1.29, 1.82) is 0 Å². The van der Waals surface area contributed by atoms with Gasteiger partial charge in [-0.25, -0.2) is 0 Å². The van der Waals surface area contributed by atoms with Gasteiger partial charge in [0.25, 0.3) is 0 Å². The standard InChI is InChI=1S/C14H32N2/c1-7-14(6,8-2)16-12-10-11-13(4,5)15-9-3/h15-16H,7-12H2,1-6H3. The summed E-state index contributed by atoms with van der Waals surface area (Å²) in [6.07, 6.45) is 4.90. The van der Waals surface area contributed by atoms with Gasteiger partial charge in [0, 0.05) is 11.1 Å². The Morgan fingerprint density at radius 2 is 1.44 bits per heavy atom. The number of hydrogen-bond acceptors (Lipinski definition) is 2. The summed E-state index contributed by atoms with van der Waals surface area (Å²) in [6.45, 7) is 15.8. The molecule has 0 saturated heterocycles. The lowest BCUT2D eigenvalue weighted by Crippen LogP contribution is -2.43. The topological polar surface area (TPSA) is 24.1 Å². The first-order valence-corrected chi connectivity index (χ1v) is 6.89. The predicted molar refractivity (Wildman–Crippen MR) is 74.0 cm³/mol. The van der Waals surface area contributed by atoms with Crippen LogP contribution < -0.4 is 10.6 Å². The Labute approximate surface area is 103 Å². The average molecular weight is 228 g/mol. The summed E-state index contributed by atoms with van der Waals surface area (Å²) < 4.78 is 0. The first-order chi connectivity index (χ1) is 7.39. The normalized spacial score (nSPS) is 13.1. The maximum Gasteiger partial charge on any atom is 0.0148 e. The fourth-order valence-corrected chi connectivity index (χ4v) is 1.99. The summed E-state index contributed by atoms with van der Waals surface area (Å²) in [5, 5.41) is 7.20. The highest BCUT2D eigenvalue weighted by Crippen LogP contribution is 2.15. The second kappa shape index (κ2) is 7.29. The molecular weight excluding hydrogens is 196 g/mol. The average Bonchev–Trinajstić information content (AvgIpc) is 2.24. The van der Waals surface area contributed by atoms with Crippen LogP contribution in [0, 0.1) is 0 Å². The van der Waals surface area contributed by atoms with Gasteiger partial charge in [0.1, 0.15) is 0 Å². The molecule has 0 spiro atoms. The lowest BCUT2D eigenvalue weighted by molar-refractivity contribution is 0.308. The first-order valence-electron chi connectivity index (χ1n) is 6.89.